The highest BCUT2D eigenvalue weighted by atomic mass is 35.5. The number of unbranched alkanes of at least 4 members (excludes halogenated alkanes) is 3. The lowest BCUT2D eigenvalue weighted by Gasteiger charge is -2.26. The molecule has 0 nitrogen and oxygen atoms in total. The van der Waals surface area contributed by atoms with Gasteiger partial charge in [0.25, 0.3) is 0 Å². The second kappa shape index (κ2) is 6.18. The summed E-state index contributed by atoms with van der Waals surface area (Å²) >= 11 is 18.4. The van der Waals surface area contributed by atoms with Gasteiger partial charge in [-0.3, -0.25) is 0 Å². The predicted molar refractivity (Wildman–Crippen MR) is 69.8 cm³/mol. The van der Waals surface area contributed by atoms with E-state index < -0.39 is 0 Å². The summed E-state index contributed by atoms with van der Waals surface area (Å²) in [6, 6.07) is 0. The van der Waals surface area contributed by atoms with Gasteiger partial charge in [-0.15, -0.1) is 11.6 Å². The predicted octanol–water partition coefficient (Wildman–Crippen LogP) is 5.58. The van der Waals surface area contributed by atoms with Crippen LogP contribution < -0.4 is 0 Å². The number of rotatable bonds is 5. The van der Waals surface area contributed by atoms with Crippen LogP contribution in [0.5, 0.6) is 0 Å². The van der Waals surface area contributed by atoms with Crippen molar-refractivity contribution in [3.05, 3.63) is 22.2 Å². The van der Waals surface area contributed by atoms with E-state index in [1.165, 1.54) is 19.3 Å². The molecule has 1 aliphatic carbocycles. The van der Waals surface area contributed by atoms with Gasteiger partial charge in [0.2, 0.25) is 0 Å². The van der Waals surface area contributed by atoms with Gasteiger partial charge in [0.15, 0.2) is 0 Å². The SMILES string of the molecule is CCCCCCC1(Cl)C=C(Cl)C=C(Cl)C1. The third-order valence-corrected chi connectivity index (χ3v) is 3.49. The van der Waals surface area contributed by atoms with Crippen molar-refractivity contribution in [2.45, 2.75) is 50.3 Å². The molecule has 1 rings (SSSR count). The van der Waals surface area contributed by atoms with E-state index >= 15 is 0 Å². The normalized spacial score (nSPS) is 26.1. The molecular weight excluding hydrogens is 250 g/mol. The van der Waals surface area contributed by atoms with Crippen molar-refractivity contribution >= 4 is 34.8 Å². The summed E-state index contributed by atoms with van der Waals surface area (Å²) < 4.78 is 0. The molecule has 0 bridgehead atoms. The van der Waals surface area contributed by atoms with Gasteiger partial charge in [-0.1, -0.05) is 55.8 Å². The van der Waals surface area contributed by atoms with Gasteiger partial charge < -0.3 is 0 Å². The molecule has 1 unspecified atom stereocenters. The van der Waals surface area contributed by atoms with Gasteiger partial charge >= 0.3 is 0 Å². The van der Waals surface area contributed by atoms with Crippen LogP contribution in [0.25, 0.3) is 0 Å². The Bertz CT molecular complexity index is 268. The summed E-state index contributed by atoms with van der Waals surface area (Å²) in [6.45, 7) is 2.20. The maximum Gasteiger partial charge on any atom is 0.0692 e. The average Bonchev–Trinajstić information content (AvgIpc) is 2.10. The van der Waals surface area contributed by atoms with Gasteiger partial charge in [0, 0.05) is 16.5 Å². The smallest absolute Gasteiger partial charge is 0.0692 e. The van der Waals surface area contributed by atoms with Crippen LogP contribution in [0.1, 0.15) is 45.4 Å². The van der Waals surface area contributed by atoms with E-state index in [1.54, 1.807) is 6.08 Å². The van der Waals surface area contributed by atoms with Gasteiger partial charge in [0.1, 0.15) is 0 Å². The molecule has 1 atom stereocenters. The van der Waals surface area contributed by atoms with Crippen molar-refractivity contribution in [3.63, 3.8) is 0 Å². The van der Waals surface area contributed by atoms with Gasteiger partial charge in [-0.05, 0) is 18.6 Å². The fourth-order valence-electron chi connectivity index (χ4n) is 1.83. The van der Waals surface area contributed by atoms with E-state index in [9.17, 15) is 0 Å². The van der Waals surface area contributed by atoms with Gasteiger partial charge in [-0.25, -0.2) is 0 Å². The van der Waals surface area contributed by atoms with Crippen molar-refractivity contribution < 1.29 is 0 Å². The highest BCUT2D eigenvalue weighted by Crippen LogP contribution is 2.38. The Morgan fingerprint density at radius 1 is 1.27 bits per heavy atom. The van der Waals surface area contributed by atoms with E-state index in [0.717, 1.165) is 17.9 Å². The van der Waals surface area contributed by atoms with E-state index in [4.69, 9.17) is 34.8 Å². The molecule has 15 heavy (non-hydrogen) atoms. The van der Waals surface area contributed by atoms with Crippen LogP contribution in [-0.4, -0.2) is 4.87 Å². The van der Waals surface area contributed by atoms with Crippen molar-refractivity contribution in [3.8, 4) is 0 Å². The molecule has 0 aromatic carbocycles. The van der Waals surface area contributed by atoms with E-state index in [0.29, 0.717) is 11.5 Å². The number of hydrogen-bond acceptors (Lipinski definition) is 0. The van der Waals surface area contributed by atoms with Crippen LogP contribution in [0.15, 0.2) is 22.2 Å². The zero-order valence-corrected chi connectivity index (χ0v) is 11.3. The van der Waals surface area contributed by atoms with Gasteiger partial charge in [0.05, 0.1) is 4.87 Å². The largest absolute Gasteiger partial charge is 0.114 e. The van der Waals surface area contributed by atoms with Crippen LogP contribution in [-0.2, 0) is 0 Å². The summed E-state index contributed by atoms with van der Waals surface area (Å²) in [5, 5.41) is 1.42. The Kier molecular flexibility index (Phi) is 5.52. The molecule has 86 valence electrons. The van der Waals surface area contributed by atoms with E-state index in [1.807, 2.05) is 6.08 Å². The minimum absolute atomic E-state index is 0.351. The quantitative estimate of drug-likeness (QED) is 0.450. The highest BCUT2D eigenvalue weighted by Gasteiger charge is 2.28. The van der Waals surface area contributed by atoms with Crippen molar-refractivity contribution in [1.29, 1.82) is 0 Å². The fourth-order valence-corrected chi connectivity index (χ4v) is 3.10. The molecule has 0 spiro atoms. The molecule has 0 N–H and O–H groups in total. The first-order valence-electron chi connectivity index (χ1n) is 5.49. The van der Waals surface area contributed by atoms with Crippen LogP contribution in [0.3, 0.4) is 0 Å². The zero-order valence-electron chi connectivity index (χ0n) is 9.03. The van der Waals surface area contributed by atoms with Crippen molar-refractivity contribution in [2.75, 3.05) is 0 Å². The molecule has 0 aromatic rings. The lowest BCUT2D eigenvalue weighted by atomic mass is 9.93. The van der Waals surface area contributed by atoms with Crippen LogP contribution in [0.4, 0.5) is 0 Å². The Morgan fingerprint density at radius 2 is 2.00 bits per heavy atom. The standard InChI is InChI=1S/C12H17Cl3/c1-2-3-4-5-6-12(15)8-10(13)7-11(14)9-12/h7-8H,2-6,9H2,1H3. The Balaban J connectivity index is 2.43. The van der Waals surface area contributed by atoms with E-state index in [-0.39, 0.29) is 4.87 Å². The summed E-state index contributed by atoms with van der Waals surface area (Å²) in [6.07, 6.45) is 10.2. The maximum absolute atomic E-state index is 6.46. The molecule has 0 aromatic heterocycles. The minimum Gasteiger partial charge on any atom is -0.114 e. The minimum atomic E-state index is -0.351. The number of halogens is 3. The topological polar surface area (TPSA) is 0 Å². The number of hydrogen-bond donors (Lipinski definition) is 0. The second-order valence-electron chi connectivity index (χ2n) is 4.14. The molecule has 0 saturated heterocycles. The van der Waals surface area contributed by atoms with Crippen LogP contribution >= 0.6 is 34.8 Å². The maximum atomic E-state index is 6.46. The summed E-state index contributed by atoms with van der Waals surface area (Å²) in [5.74, 6) is 0. The van der Waals surface area contributed by atoms with Crippen molar-refractivity contribution in [2.24, 2.45) is 0 Å². The monoisotopic (exact) mass is 266 g/mol. The molecular formula is C12H17Cl3. The summed E-state index contributed by atoms with van der Waals surface area (Å²) in [7, 11) is 0. The lowest BCUT2D eigenvalue weighted by molar-refractivity contribution is 0.554. The van der Waals surface area contributed by atoms with E-state index in [2.05, 4.69) is 6.92 Å². The molecule has 0 fully saturated rings. The van der Waals surface area contributed by atoms with Crippen LogP contribution in [0.2, 0.25) is 0 Å². The van der Waals surface area contributed by atoms with Crippen molar-refractivity contribution in [1.82, 2.24) is 0 Å². The Hall–Kier alpha value is 0.350. The highest BCUT2D eigenvalue weighted by molar-refractivity contribution is 6.37. The molecule has 1 aliphatic rings. The van der Waals surface area contributed by atoms with Crippen LogP contribution in [0, 0.1) is 0 Å². The number of alkyl halides is 1. The molecule has 0 radical (unpaired) electrons. The first kappa shape index (κ1) is 13.4. The van der Waals surface area contributed by atoms with Gasteiger partial charge in [-0.2, -0.15) is 0 Å². The Morgan fingerprint density at radius 3 is 2.60 bits per heavy atom. The molecule has 3 heteroatoms. The fraction of sp³-hybridized carbons (Fsp3) is 0.667. The lowest BCUT2D eigenvalue weighted by Crippen LogP contribution is -2.20. The molecule has 0 aliphatic heterocycles. The first-order valence-corrected chi connectivity index (χ1v) is 6.62. The summed E-state index contributed by atoms with van der Waals surface area (Å²) in [5.41, 5.74) is 0. The Labute approximate surface area is 107 Å². The third kappa shape index (κ3) is 4.80. The second-order valence-corrected chi connectivity index (χ2v) is 5.82. The summed E-state index contributed by atoms with van der Waals surface area (Å²) in [4.78, 5) is -0.351. The first-order chi connectivity index (χ1) is 7.06. The zero-order chi connectivity index (χ0) is 11.3. The molecule has 0 saturated carbocycles. The average molecular weight is 268 g/mol. The molecule has 0 heterocycles. The molecule has 0 amide bonds. The number of allylic oxidation sites excluding steroid dienone is 4. The third-order valence-electron chi connectivity index (χ3n) is 2.60.